The number of carbonyl (C=O) groups is 2. The van der Waals surface area contributed by atoms with E-state index in [4.69, 9.17) is 18.9 Å². The molecule has 2 aliphatic heterocycles. The van der Waals surface area contributed by atoms with Crippen LogP contribution < -0.4 is 18.9 Å². The summed E-state index contributed by atoms with van der Waals surface area (Å²) in [6.07, 6.45) is 5.58. The van der Waals surface area contributed by atoms with Gasteiger partial charge in [-0.15, -0.1) is 0 Å². The Labute approximate surface area is 206 Å². The summed E-state index contributed by atoms with van der Waals surface area (Å²) in [7, 11) is 0. The molecule has 35 heavy (non-hydrogen) atoms. The summed E-state index contributed by atoms with van der Waals surface area (Å²) >= 11 is 0. The highest BCUT2D eigenvalue weighted by molar-refractivity contribution is 5.99. The van der Waals surface area contributed by atoms with E-state index in [2.05, 4.69) is 6.92 Å². The minimum Gasteiger partial charge on any atom is -0.490 e. The molecule has 0 saturated carbocycles. The van der Waals surface area contributed by atoms with Crippen molar-refractivity contribution in [3.05, 3.63) is 53.6 Å². The van der Waals surface area contributed by atoms with Crippen molar-refractivity contribution in [2.75, 3.05) is 39.5 Å². The lowest BCUT2D eigenvalue weighted by molar-refractivity contribution is -0.127. The summed E-state index contributed by atoms with van der Waals surface area (Å²) in [6, 6.07) is 11.0. The van der Waals surface area contributed by atoms with Crippen LogP contribution in [0.4, 0.5) is 0 Å². The summed E-state index contributed by atoms with van der Waals surface area (Å²) in [5.41, 5.74) is 1.50. The van der Waals surface area contributed by atoms with E-state index in [1.54, 1.807) is 35.3 Å². The van der Waals surface area contributed by atoms with Crippen LogP contribution >= 0.6 is 0 Å². The van der Waals surface area contributed by atoms with Crippen molar-refractivity contribution >= 4 is 17.8 Å². The molecular weight excluding hydrogens is 446 g/mol. The number of carbonyl (C=O) groups excluding carboxylic acids is 2. The van der Waals surface area contributed by atoms with Gasteiger partial charge in [0.05, 0.1) is 13.2 Å². The Hall–Kier alpha value is -3.48. The number of ketones is 1. The second-order valence-corrected chi connectivity index (χ2v) is 8.64. The molecule has 0 unspecified atom stereocenters. The minimum atomic E-state index is -0.102. The Morgan fingerprint density at radius 2 is 1.74 bits per heavy atom. The summed E-state index contributed by atoms with van der Waals surface area (Å²) in [5, 5.41) is 0. The van der Waals surface area contributed by atoms with Crippen LogP contribution in [0, 0.1) is 5.92 Å². The quantitative estimate of drug-likeness (QED) is 0.381. The van der Waals surface area contributed by atoms with Gasteiger partial charge >= 0.3 is 0 Å². The number of nitrogens with zero attached hydrogens (tertiary/aromatic N) is 1. The summed E-state index contributed by atoms with van der Waals surface area (Å²) in [4.78, 5) is 27.6. The van der Waals surface area contributed by atoms with Gasteiger partial charge in [0, 0.05) is 30.6 Å². The van der Waals surface area contributed by atoms with Crippen LogP contribution in [0.15, 0.2) is 42.5 Å². The fraction of sp³-hybridized carbons (Fsp3) is 0.429. The fourth-order valence-corrected chi connectivity index (χ4v) is 4.30. The monoisotopic (exact) mass is 479 g/mol. The Bertz CT molecular complexity index is 1070. The third-order valence-corrected chi connectivity index (χ3v) is 6.15. The molecule has 7 heteroatoms. The first kappa shape index (κ1) is 24.6. The Balaban J connectivity index is 1.32. The molecule has 1 amide bonds. The summed E-state index contributed by atoms with van der Waals surface area (Å²) < 4.78 is 22.6. The topological polar surface area (TPSA) is 74.3 Å². The third kappa shape index (κ3) is 6.15. The molecule has 0 aliphatic carbocycles. The first-order valence-corrected chi connectivity index (χ1v) is 12.4. The lowest BCUT2D eigenvalue weighted by Gasteiger charge is -2.30. The second kappa shape index (κ2) is 11.8. The van der Waals surface area contributed by atoms with Gasteiger partial charge in [0.2, 0.25) is 5.91 Å². The van der Waals surface area contributed by atoms with E-state index in [1.807, 2.05) is 25.1 Å². The van der Waals surface area contributed by atoms with Crippen molar-refractivity contribution in [2.45, 2.75) is 33.1 Å². The number of rotatable bonds is 9. The van der Waals surface area contributed by atoms with Crippen molar-refractivity contribution in [1.29, 1.82) is 0 Å². The van der Waals surface area contributed by atoms with Crippen LogP contribution in [0.5, 0.6) is 23.0 Å². The van der Waals surface area contributed by atoms with Crippen molar-refractivity contribution in [2.24, 2.45) is 5.92 Å². The van der Waals surface area contributed by atoms with Gasteiger partial charge in [-0.25, -0.2) is 0 Å². The molecule has 0 atom stereocenters. The molecule has 0 bridgehead atoms. The number of piperidine rings is 1. The third-order valence-electron chi connectivity index (χ3n) is 6.15. The molecule has 7 nitrogen and oxygen atoms in total. The summed E-state index contributed by atoms with van der Waals surface area (Å²) in [5.74, 6) is 2.62. The Kier molecular flexibility index (Phi) is 8.29. The maximum atomic E-state index is 13.0. The van der Waals surface area contributed by atoms with E-state index in [0.717, 1.165) is 12.0 Å². The molecule has 2 aromatic rings. The average molecular weight is 480 g/mol. The van der Waals surface area contributed by atoms with E-state index in [0.29, 0.717) is 80.9 Å². The molecule has 0 spiro atoms. The lowest BCUT2D eigenvalue weighted by atomic mass is 9.88. The molecule has 186 valence electrons. The normalized spacial score (nSPS) is 15.8. The van der Waals surface area contributed by atoms with Crippen LogP contribution in [-0.2, 0) is 4.79 Å². The van der Waals surface area contributed by atoms with Crippen LogP contribution in [0.2, 0.25) is 0 Å². The maximum absolute atomic E-state index is 13.0. The number of hydrogen-bond donors (Lipinski definition) is 0. The van der Waals surface area contributed by atoms with Gasteiger partial charge in [0.25, 0.3) is 0 Å². The van der Waals surface area contributed by atoms with Crippen molar-refractivity contribution in [3.63, 3.8) is 0 Å². The SMILES string of the molecule is CCCOc1ccc(/C=C/C(=O)N2CCC(C(=O)c3ccc4c(c3)OCCO4)CC2)cc1OCC. The summed E-state index contributed by atoms with van der Waals surface area (Å²) in [6.45, 7) is 7.26. The first-order valence-electron chi connectivity index (χ1n) is 12.4. The zero-order valence-electron chi connectivity index (χ0n) is 20.5. The van der Waals surface area contributed by atoms with Gasteiger partial charge in [-0.3, -0.25) is 9.59 Å². The predicted octanol–water partition coefficient (Wildman–Crippen LogP) is 4.78. The molecule has 2 heterocycles. The number of likely N-dealkylation sites (tertiary alicyclic amines) is 1. The standard InChI is InChI=1S/C28H33NO6/c1-3-15-33-23-8-5-20(18-25(23)32-4-2)6-10-27(30)29-13-11-21(12-14-29)28(31)22-7-9-24-26(19-22)35-17-16-34-24/h5-10,18-19,21H,3-4,11-17H2,1-2H3/b10-6+. The molecule has 1 saturated heterocycles. The van der Waals surface area contributed by atoms with Gasteiger partial charge in [0.15, 0.2) is 28.8 Å². The largest absolute Gasteiger partial charge is 0.490 e. The van der Waals surface area contributed by atoms with Crippen molar-refractivity contribution in [1.82, 2.24) is 4.90 Å². The van der Waals surface area contributed by atoms with E-state index in [-0.39, 0.29) is 17.6 Å². The number of Topliss-reactive ketones (excluding diaryl/α,β-unsaturated/α-hetero) is 1. The average Bonchev–Trinajstić information content (AvgIpc) is 2.90. The zero-order valence-corrected chi connectivity index (χ0v) is 20.5. The molecule has 2 aliphatic rings. The van der Waals surface area contributed by atoms with Gasteiger partial charge in [0.1, 0.15) is 13.2 Å². The molecule has 1 fully saturated rings. The maximum Gasteiger partial charge on any atom is 0.246 e. The van der Waals surface area contributed by atoms with Crippen LogP contribution in [0.1, 0.15) is 49.0 Å². The highest BCUT2D eigenvalue weighted by Crippen LogP contribution is 2.33. The zero-order chi connectivity index (χ0) is 24.6. The van der Waals surface area contributed by atoms with Gasteiger partial charge in [-0.05, 0) is 68.2 Å². The van der Waals surface area contributed by atoms with Crippen LogP contribution in [-0.4, -0.2) is 56.1 Å². The van der Waals surface area contributed by atoms with Crippen molar-refractivity contribution in [3.8, 4) is 23.0 Å². The molecule has 2 aromatic carbocycles. The van der Waals surface area contributed by atoms with Crippen LogP contribution in [0.25, 0.3) is 6.08 Å². The number of benzene rings is 2. The van der Waals surface area contributed by atoms with E-state index < -0.39 is 0 Å². The Morgan fingerprint density at radius 3 is 2.49 bits per heavy atom. The van der Waals surface area contributed by atoms with Gasteiger partial charge in [-0.1, -0.05) is 13.0 Å². The predicted molar refractivity (Wildman–Crippen MR) is 133 cm³/mol. The lowest BCUT2D eigenvalue weighted by Crippen LogP contribution is -2.39. The fourth-order valence-electron chi connectivity index (χ4n) is 4.30. The highest BCUT2D eigenvalue weighted by Gasteiger charge is 2.28. The van der Waals surface area contributed by atoms with E-state index in [1.165, 1.54) is 0 Å². The number of amides is 1. The molecule has 0 radical (unpaired) electrons. The van der Waals surface area contributed by atoms with Crippen molar-refractivity contribution < 1.29 is 28.5 Å². The number of ether oxygens (including phenoxy) is 4. The molecular formula is C28H33NO6. The Morgan fingerprint density at radius 1 is 0.971 bits per heavy atom. The minimum absolute atomic E-state index is 0.0560. The van der Waals surface area contributed by atoms with Gasteiger partial charge < -0.3 is 23.8 Å². The van der Waals surface area contributed by atoms with Gasteiger partial charge in [-0.2, -0.15) is 0 Å². The number of fused-ring (bicyclic) bond motifs is 1. The first-order chi connectivity index (χ1) is 17.1. The second-order valence-electron chi connectivity index (χ2n) is 8.64. The van der Waals surface area contributed by atoms with Crippen LogP contribution in [0.3, 0.4) is 0 Å². The molecule has 4 rings (SSSR count). The molecule has 0 aromatic heterocycles. The number of hydrogen-bond acceptors (Lipinski definition) is 6. The highest BCUT2D eigenvalue weighted by atomic mass is 16.6. The van der Waals surface area contributed by atoms with E-state index in [9.17, 15) is 9.59 Å². The smallest absolute Gasteiger partial charge is 0.246 e. The molecule has 0 N–H and O–H groups in total. The van der Waals surface area contributed by atoms with E-state index >= 15 is 0 Å².